The van der Waals surface area contributed by atoms with Crippen LogP contribution in [0.1, 0.15) is 5.56 Å². The van der Waals surface area contributed by atoms with Crippen molar-refractivity contribution in [2.75, 3.05) is 6.26 Å². The molecule has 0 amide bonds. The van der Waals surface area contributed by atoms with Crippen molar-refractivity contribution in [1.82, 2.24) is 0 Å². The minimum atomic E-state index is -0.285. The molecule has 0 aliphatic carbocycles. The van der Waals surface area contributed by atoms with Crippen molar-refractivity contribution in [3.63, 3.8) is 0 Å². The highest BCUT2D eigenvalue weighted by molar-refractivity contribution is 7.98. The third-order valence-corrected chi connectivity index (χ3v) is 2.92. The van der Waals surface area contributed by atoms with E-state index in [9.17, 15) is 4.79 Å². The number of hydrogen-bond donors (Lipinski definition) is 0. The highest BCUT2D eigenvalue weighted by atomic mass is 32.2. The summed E-state index contributed by atoms with van der Waals surface area (Å²) in [5, 5.41) is 1.04. The van der Waals surface area contributed by atoms with Crippen LogP contribution in [0.5, 0.6) is 0 Å². The lowest BCUT2D eigenvalue weighted by atomic mass is 10.1. The standard InChI is InChI=1S/C11H10O2S/c1-7-4-3-5-8-11(7)9(14-2)6-10(12)13-8/h3-6H,1-2H3. The summed E-state index contributed by atoms with van der Waals surface area (Å²) in [6, 6.07) is 7.27. The van der Waals surface area contributed by atoms with Crippen LogP contribution in [-0.2, 0) is 0 Å². The van der Waals surface area contributed by atoms with Gasteiger partial charge in [-0.05, 0) is 24.8 Å². The predicted molar refractivity (Wildman–Crippen MR) is 59.0 cm³/mol. The molecular formula is C11H10O2S. The minimum absolute atomic E-state index is 0.285. The van der Waals surface area contributed by atoms with Gasteiger partial charge in [-0.1, -0.05) is 12.1 Å². The topological polar surface area (TPSA) is 30.2 Å². The van der Waals surface area contributed by atoms with E-state index in [1.165, 1.54) is 0 Å². The Kier molecular flexibility index (Phi) is 2.33. The molecular weight excluding hydrogens is 196 g/mol. The number of thioether (sulfide) groups is 1. The van der Waals surface area contributed by atoms with Crippen LogP contribution in [0.2, 0.25) is 0 Å². The molecule has 0 spiro atoms. The average molecular weight is 206 g/mol. The van der Waals surface area contributed by atoms with Crippen molar-refractivity contribution >= 4 is 22.7 Å². The van der Waals surface area contributed by atoms with Gasteiger partial charge in [0.15, 0.2) is 0 Å². The number of aryl methyl sites for hydroxylation is 1. The molecule has 0 atom stereocenters. The molecule has 0 fully saturated rings. The third kappa shape index (κ3) is 1.44. The van der Waals surface area contributed by atoms with Gasteiger partial charge >= 0.3 is 5.63 Å². The summed E-state index contributed by atoms with van der Waals surface area (Å²) in [6.07, 6.45) is 1.96. The van der Waals surface area contributed by atoms with Gasteiger partial charge in [0.1, 0.15) is 5.58 Å². The molecule has 0 radical (unpaired) electrons. The third-order valence-electron chi connectivity index (χ3n) is 2.16. The maximum atomic E-state index is 11.2. The molecule has 14 heavy (non-hydrogen) atoms. The first-order chi connectivity index (χ1) is 6.72. The van der Waals surface area contributed by atoms with E-state index in [1.54, 1.807) is 17.8 Å². The number of rotatable bonds is 1. The van der Waals surface area contributed by atoms with Gasteiger partial charge in [-0.25, -0.2) is 4.79 Å². The van der Waals surface area contributed by atoms with E-state index in [0.717, 1.165) is 15.8 Å². The summed E-state index contributed by atoms with van der Waals surface area (Å²) >= 11 is 1.57. The van der Waals surface area contributed by atoms with Crippen molar-refractivity contribution in [1.29, 1.82) is 0 Å². The molecule has 1 aromatic carbocycles. The van der Waals surface area contributed by atoms with E-state index in [2.05, 4.69) is 0 Å². The monoisotopic (exact) mass is 206 g/mol. The van der Waals surface area contributed by atoms with Gasteiger partial charge in [-0.15, -0.1) is 11.8 Å². The molecule has 3 heteroatoms. The van der Waals surface area contributed by atoms with Gasteiger partial charge in [0.05, 0.1) is 0 Å². The van der Waals surface area contributed by atoms with Gasteiger partial charge < -0.3 is 4.42 Å². The first-order valence-electron chi connectivity index (χ1n) is 4.30. The maximum Gasteiger partial charge on any atom is 0.337 e. The fourth-order valence-electron chi connectivity index (χ4n) is 1.52. The fraction of sp³-hybridized carbons (Fsp3) is 0.182. The van der Waals surface area contributed by atoms with Crippen LogP contribution in [0.25, 0.3) is 11.0 Å². The summed E-state index contributed by atoms with van der Waals surface area (Å²) < 4.78 is 5.12. The molecule has 0 saturated carbocycles. The quantitative estimate of drug-likeness (QED) is 0.531. The van der Waals surface area contributed by atoms with Gasteiger partial charge in [0.25, 0.3) is 0 Å². The fourth-order valence-corrected chi connectivity index (χ4v) is 2.20. The van der Waals surface area contributed by atoms with Crippen LogP contribution in [-0.4, -0.2) is 6.26 Å². The lowest BCUT2D eigenvalue weighted by molar-refractivity contribution is 0.557. The van der Waals surface area contributed by atoms with E-state index in [1.807, 2.05) is 31.4 Å². The molecule has 0 aliphatic rings. The largest absolute Gasteiger partial charge is 0.423 e. The number of hydrogen-bond acceptors (Lipinski definition) is 3. The second kappa shape index (κ2) is 3.50. The molecule has 0 saturated heterocycles. The van der Waals surface area contributed by atoms with E-state index in [4.69, 9.17) is 4.42 Å². The molecule has 1 heterocycles. The van der Waals surface area contributed by atoms with Crippen molar-refractivity contribution in [3.05, 3.63) is 40.2 Å². The smallest absolute Gasteiger partial charge is 0.337 e. The normalized spacial score (nSPS) is 10.7. The molecule has 0 N–H and O–H groups in total. The Morgan fingerprint density at radius 2 is 2.14 bits per heavy atom. The van der Waals surface area contributed by atoms with Gasteiger partial charge in [0.2, 0.25) is 0 Å². The Morgan fingerprint density at radius 3 is 2.86 bits per heavy atom. The van der Waals surface area contributed by atoms with Crippen molar-refractivity contribution < 1.29 is 4.42 Å². The highest BCUT2D eigenvalue weighted by Gasteiger charge is 2.06. The summed E-state index contributed by atoms with van der Waals surface area (Å²) in [7, 11) is 0. The molecule has 2 nitrogen and oxygen atoms in total. The zero-order chi connectivity index (χ0) is 10.1. The van der Waals surface area contributed by atoms with Crippen LogP contribution < -0.4 is 5.63 Å². The van der Waals surface area contributed by atoms with Crippen LogP contribution in [0, 0.1) is 6.92 Å². The molecule has 2 aromatic rings. The predicted octanol–water partition coefficient (Wildman–Crippen LogP) is 2.82. The van der Waals surface area contributed by atoms with Crippen LogP contribution in [0.15, 0.2) is 38.4 Å². The highest BCUT2D eigenvalue weighted by Crippen LogP contribution is 2.27. The molecule has 0 unspecified atom stereocenters. The Balaban J connectivity index is 2.96. The lowest BCUT2D eigenvalue weighted by Gasteiger charge is -2.04. The summed E-state index contributed by atoms with van der Waals surface area (Å²) in [5.41, 5.74) is 1.52. The first kappa shape index (κ1) is 9.34. The molecule has 72 valence electrons. The Labute approximate surface area is 85.9 Å². The molecule has 2 rings (SSSR count). The van der Waals surface area contributed by atoms with Crippen LogP contribution in [0.4, 0.5) is 0 Å². The summed E-state index contributed by atoms with van der Waals surface area (Å²) in [4.78, 5) is 12.2. The minimum Gasteiger partial charge on any atom is -0.423 e. The summed E-state index contributed by atoms with van der Waals surface area (Å²) in [6.45, 7) is 2.02. The number of fused-ring (bicyclic) bond motifs is 1. The van der Waals surface area contributed by atoms with Crippen LogP contribution >= 0.6 is 11.8 Å². The molecule has 0 bridgehead atoms. The first-order valence-corrected chi connectivity index (χ1v) is 5.52. The Hall–Kier alpha value is -1.22. The molecule has 0 aliphatic heterocycles. The van der Waals surface area contributed by atoms with E-state index in [-0.39, 0.29) is 5.63 Å². The maximum absolute atomic E-state index is 11.2. The average Bonchev–Trinajstić information content (AvgIpc) is 2.16. The number of benzene rings is 1. The van der Waals surface area contributed by atoms with Crippen molar-refractivity contribution in [2.45, 2.75) is 11.8 Å². The van der Waals surface area contributed by atoms with E-state index >= 15 is 0 Å². The Morgan fingerprint density at radius 1 is 1.36 bits per heavy atom. The van der Waals surface area contributed by atoms with Crippen molar-refractivity contribution in [3.8, 4) is 0 Å². The Bertz CT molecular complexity index is 528. The van der Waals surface area contributed by atoms with Crippen molar-refractivity contribution in [2.24, 2.45) is 0 Å². The van der Waals surface area contributed by atoms with Gasteiger partial charge in [-0.2, -0.15) is 0 Å². The lowest BCUT2D eigenvalue weighted by Crippen LogP contribution is -1.97. The SMILES string of the molecule is CSc1cc(=O)oc2cccc(C)c12. The summed E-state index contributed by atoms with van der Waals surface area (Å²) in [5.74, 6) is 0. The zero-order valence-corrected chi connectivity index (χ0v) is 8.85. The second-order valence-electron chi connectivity index (χ2n) is 3.08. The van der Waals surface area contributed by atoms with Gasteiger partial charge in [-0.3, -0.25) is 0 Å². The van der Waals surface area contributed by atoms with E-state index < -0.39 is 0 Å². The second-order valence-corrected chi connectivity index (χ2v) is 3.93. The van der Waals surface area contributed by atoms with E-state index in [0.29, 0.717) is 5.58 Å². The zero-order valence-electron chi connectivity index (χ0n) is 8.03. The molecule has 1 aromatic heterocycles. The van der Waals surface area contributed by atoms with Gasteiger partial charge in [0, 0.05) is 16.3 Å². The van der Waals surface area contributed by atoms with Crippen LogP contribution in [0.3, 0.4) is 0 Å².